The average molecular weight is 270 g/mol. The molecule has 1 atom stereocenters. The molecule has 1 amide bonds. The Bertz CT molecular complexity index is 598. The summed E-state index contributed by atoms with van der Waals surface area (Å²) in [7, 11) is 0. The van der Waals surface area contributed by atoms with E-state index >= 15 is 0 Å². The first-order chi connectivity index (χ1) is 9.26. The quantitative estimate of drug-likeness (QED) is 0.919. The van der Waals surface area contributed by atoms with Crippen LogP contribution in [0.2, 0.25) is 0 Å². The van der Waals surface area contributed by atoms with Crippen molar-refractivity contribution in [1.29, 1.82) is 5.26 Å². The Labute approximate surface area is 116 Å². The van der Waals surface area contributed by atoms with E-state index in [1.54, 1.807) is 11.4 Å². The molecule has 2 aromatic rings. The van der Waals surface area contributed by atoms with Gasteiger partial charge in [0.25, 0.3) is 0 Å². The molecule has 3 nitrogen and oxygen atoms in total. The van der Waals surface area contributed by atoms with Crippen LogP contribution in [0.25, 0.3) is 0 Å². The van der Waals surface area contributed by atoms with Gasteiger partial charge in [0.1, 0.15) is 11.1 Å². The van der Waals surface area contributed by atoms with E-state index in [1.807, 2.05) is 37.3 Å². The van der Waals surface area contributed by atoms with Crippen molar-refractivity contribution in [2.45, 2.75) is 19.3 Å². The molecule has 0 saturated heterocycles. The minimum absolute atomic E-state index is 0.0624. The van der Waals surface area contributed by atoms with Gasteiger partial charge in [0, 0.05) is 0 Å². The third-order valence-electron chi connectivity index (χ3n) is 2.95. The first-order valence-corrected chi connectivity index (χ1v) is 6.97. The molecule has 1 heterocycles. The normalized spacial score (nSPS) is 11.6. The van der Waals surface area contributed by atoms with Gasteiger partial charge in [-0.1, -0.05) is 37.3 Å². The Morgan fingerprint density at radius 2 is 2.11 bits per heavy atom. The van der Waals surface area contributed by atoms with Crippen LogP contribution in [0.3, 0.4) is 0 Å². The first kappa shape index (κ1) is 13.3. The van der Waals surface area contributed by atoms with Crippen LogP contribution in [-0.2, 0) is 4.79 Å². The van der Waals surface area contributed by atoms with Crippen LogP contribution in [0.15, 0.2) is 41.8 Å². The van der Waals surface area contributed by atoms with Gasteiger partial charge in [-0.05, 0) is 23.4 Å². The fourth-order valence-corrected chi connectivity index (χ4v) is 2.69. The van der Waals surface area contributed by atoms with Crippen LogP contribution in [0.1, 0.15) is 30.4 Å². The molecular weight excluding hydrogens is 256 g/mol. The predicted molar refractivity (Wildman–Crippen MR) is 77.1 cm³/mol. The van der Waals surface area contributed by atoms with E-state index in [2.05, 4.69) is 11.4 Å². The molecule has 4 heteroatoms. The second kappa shape index (κ2) is 6.17. The third-order valence-corrected chi connectivity index (χ3v) is 3.78. The Morgan fingerprint density at radius 3 is 2.74 bits per heavy atom. The number of carbonyl (C=O) groups is 1. The maximum atomic E-state index is 12.3. The molecule has 1 N–H and O–H groups in total. The van der Waals surface area contributed by atoms with E-state index in [-0.39, 0.29) is 11.8 Å². The number of benzene rings is 1. The Morgan fingerprint density at radius 1 is 1.37 bits per heavy atom. The van der Waals surface area contributed by atoms with Crippen LogP contribution in [0, 0.1) is 11.3 Å². The molecule has 2 rings (SSSR count). The lowest BCUT2D eigenvalue weighted by Gasteiger charge is -2.14. The average Bonchev–Trinajstić information content (AvgIpc) is 2.88. The van der Waals surface area contributed by atoms with E-state index in [4.69, 9.17) is 5.26 Å². The molecule has 1 aromatic carbocycles. The van der Waals surface area contributed by atoms with E-state index in [0.717, 1.165) is 12.0 Å². The summed E-state index contributed by atoms with van der Waals surface area (Å²) in [5.41, 5.74) is 1.51. The summed E-state index contributed by atoms with van der Waals surface area (Å²) >= 11 is 1.37. The fraction of sp³-hybridized carbons (Fsp3) is 0.200. The number of nitriles is 1. The number of hydrogen-bond donors (Lipinski definition) is 1. The van der Waals surface area contributed by atoms with Crippen molar-refractivity contribution in [3.05, 3.63) is 52.9 Å². The molecule has 0 aliphatic rings. The van der Waals surface area contributed by atoms with E-state index < -0.39 is 0 Å². The summed E-state index contributed by atoms with van der Waals surface area (Å²) in [5.74, 6) is -0.248. The molecule has 0 aliphatic carbocycles. The largest absolute Gasteiger partial charge is 0.316 e. The monoisotopic (exact) mass is 270 g/mol. The lowest BCUT2D eigenvalue weighted by atomic mass is 9.96. The molecule has 19 heavy (non-hydrogen) atoms. The van der Waals surface area contributed by atoms with Gasteiger partial charge < -0.3 is 5.32 Å². The Kier molecular flexibility index (Phi) is 4.32. The number of nitrogens with one attached hydrogen (secondary N) is 1. The lowest BCUT2D eigenvalue weighted by molar-refractivity contribution is -0.117. The van der Waals surface area contributed by atoms with Gasteiger partial charge in [0.2, 0.25) is 5.91 Å². The van der Waals surface area contributed by atoms with E-state index in [1.165, 1.54) is 11.3 Å². The van der Waals surface area contributed by atoms with Crippen molar-refractivity contribution < 1.29 is 4.79 Å². The second-order valence-corrected chi connectivity index (χ2v) is 5.05. The van der Waals surface area contributed by atoms with Gasteiger partial charge in [0.05, 0.1) is 11.5 Å². The highest BCUT2D eigenvalue weighted by atomic mass is 32.1. The summed E-state index contributed by atoms with van der Waals surface area (Å²) in [6.07, 6.45) is 0.725. The Balaban J connectivity index is 2.17. The molecule has 0 radical (unpaired) electrons. The predicted octanol–water partition coefficient (Wildman–Crippen LogP) is 3.75. The summed E-state index contributed by atoms with van der Waals surface area (Å²) in [4.78, 5) is 12.3. The summed E-state index contributed by atoms with van der Waals surface area (Å²) in [6, 6.07) is 13.5. The molecule has 0 fully saturated rings. The zero-order valence-corrected chi connectivity index (χ0v) is 11.4. The summed E-state index contributed by atoms with van der Waals surface area (Å²) in [6.45, 7) is 1.98. The van der Waals surface area contributed by atoms with Crippen molar-refractivity contribution in [3.63, 3.8) is 0 Å². The lowest BCUT2D eigenvalue weighted by Crippen LogP contribution is -2.20. The van der Waals surface area contributed by atoms with Crippen LogP contribution in [-0.4, -0.2) is 5.91 Å². The summed E-state index contributed by atoms with van der Waals surface area (Å²) in [5, 5.41) is 14.2. The SMILES string of the molecule is CC[C@@H](C(=O)Nc1sccc1C#N)c1ccccc1. The zero-order valence-electron chi connectivity index (χ0n) is 10.6. The Hall–Kier alpha value is -2.12. The second-order valence-electron chi connectivity index (χ2n) is 4.14. The van der Waals surface area contributed by atoms with Crippen molar-refractivity contribution in [2.24, 2.45) is 0 Å². The zero-order chi connectivity index (χ0) is 13.7. The molecule has 0 saturated carbocycles. The molecule has 1 aromatic heterocycles. The highest BCUT2D eigenvalue weighted by molar-refractivity contribution is 7.14. The van der Waals surface area contributed by atoms with Crippen molar-refractivity contribution in [1.82, 2.24) is 0 Å². The molecule has 0 spiro atoms. The minimum Gasteiger partial charge on any atom is -0.316 e. The fourth-order valence-electron chi connectivity index (χ4n) is 1.95. The maximum Gasteiger partial charge on any atom is 0.232 e. The molecule has 0 unspecified atom stereocenters. The molecule has 0 aliphatic heterocycles. The number of hydrogen-bond acceptors (Lipinski definition) is 3. The van der Waals surface area contributed by atoms with Gasteiger partial charge in [-0.3, -0.25) is 4.79 Å². The number of carbonyl (C=O) groups excluding carboxylic acids is 1. The minimum atomic E-state index is -0.185. The topological polar surface area (TPSA) is 52.9 Å². The van der Waals surface area contributed by atoms with Gasteiger partial charge in [-0.15, -0.1) is 11.3 Å². The molecule has 96 valence electrons. The van der Waals surface area contributed by atoms with Crippen LogP contribution in [0.5, 0.6) is 0 Å². The number of thiophene rings is 1. The van der Waals surface area contributed by atoms with Gasteiger partial charge in [-0.25, -0.2) is 0 Å². The molecular formula is C15H14N2OS. The standard InChI is InChI=1S/C15H14N2OS/c1-2-13(11-6-4-3-5-7-11)14(18)17-15-12(10-16)8-9-19-15/h3-9,13H,2H2,1H3,(H,17,18)/t13-/m1/s1. The van der Waals surface area contributed by atoms with Crippen LogP contribution < -0.4 is 5.32 Å². The van der Waals surface area contributed by atoms with Gasteiger partial charge in [-0.2, -0.15) is 5.26 Å². The maximum absolute atomic E-state index is 12.3. The highest BCUT2D eigenvalue weighted by Gasteiger charge is 2.19. The number of rotatable bonds is 4. The van der Waals surface area contributed by atoms with Crippen molar-refractivity contribution in [2.75, 3.05) is 5.32 Å². The number of amides is 1. The van der Waals surface area contributed by atoms with Gasteiger partial charge >= 0.3 is 0 Å². The van der Waals surface area contributed by atoms with E-state index in [0.29, 0.717) is 10.6 Å². The first-order valence-electron chi connectivity index (χ1n) is 6.09. The molecule has 0 bridgehead atoms. The van der Waals surface area contributed by atoms with Crippen molar-refractivity contribution in [3.8, 4) is 6.07 Å². The number of nitrogens with zero attached hydrogens (tertiary/aromatic N) is 1. The highest BCUT2D eigenvalue weighted by Crippen LogP contribution is 2.26. The summed E-state index contributed by atoms with van der Waals surface area (Å²) < 4.78 is 0. The smallest absolute Gasteiger partial charge is 0.232 e. The van der Waals surface area contributed by atoms with Crippen molar-refractivity contribution >= 4 is 22.2 Å². The van der Waals surface area contributed by atoms with Crippen LogP contribution >= 0.6 is 11.3 Å². The van der Waals surface area contributed by atoms with Gasteiger partial charge in [0.15, 0.2) is 0 Å². The third kappa shape index (κ3) is 3.01. The van der Waals surface area contributed by atoms with E-state index in [9.17, 15) is 4.79 Å². The van der Waals surface area contributed by atoms with Crippen LogP contribution in [0.4, 0.5) is 5.00 Å². The number of anilines is 1.